The van der Waals surface area contributed by atoms with Crippen LogP contribution in [-0.2, 0) is 7.05 Å². The third-order valence-corrected chi connectivity index (χ3v) is 4.73. The first-order valence-electron chi connectivity index (χ1n) is 8.69. The summed E-state index contributed by atoms with van der Waals surface area (Å²) in [6.07, 6.45) is 3.01. The Morgan fingerprint density at radius 2 is 2.08 bits per heavy atom. The molecule has 0 amide bonds. The topological polar surface area (TPSA) is 71.8 Å². The van der Waals surface area contributed by atoms with E-state index >= 15 is 0 Å². The second-order valence-corrected chi connectivity index (χ2v) is 6.75. The summed E-state index contributed by atoms with van der Waals surface area (Å²) in [5.41, 5.74) is 1.93. The number of pyridine rings is 1. The van der Waals surface area contributed by atoms with Crippen LogP contribution < -0.4 is 10.2 Å². The molecular weight excluding hydrogens is 314 g/mol. The van der Waals surface area contributed by atoms with Gasteiger partial charge in [0.1, 0.15) is 17.5 Å². The summed E-state index contributed by atoms with van der Waals surface area (Å²) in [7, 11) is 1.92. The first-order chi connectivity index (χ1) is 12.1. The molecule has 4 rings (SSSR count). The minimum atomic E-state index is 0.573. The zero-order valence-corrected chi connectivity index (χ0v) is 14.9. The molecule has 0 radical (unpaired) electrons. The second kappa shape index (κ2) is 6.31. The van der Waals surface area contributed by atoms with E-state index in [1.54, 1.807) is 0 Å². The van der Waals surface area contributed by atoms with Crippen LogP contribution >= 0.6 is 0 Å². The molecular formula is C18H23N7. The zero-order valence-electron chi connectivity index (χ0n) is 14.9. The predicted molar refractivity (Wildman–Crippen MR) is 98.8 cm³/mol. The van der Waals surface area contributed by atoms with Gasteiger partial charge in [-0.3, -0.25) is 4.68 Å². The van der Waals surface area contributed by atoms with E-state index in [1.807, 2.05) is 50.0 Å². The largest absolute Gasteiger partial charge is 0.370 e. The van der Waals surface area contributed by atoms with E-state index in [0.717, 1.165) is 60.2 Å². The molecule has 1 atom stereocenters. The minimum absolute atomic E-state index is 0.573. The smallest absolute Gasteiger partial charge is 0.163 e. The standard InChI is InChI=1S/C18H23N7/c1-12-5-4-6-16(21-12)19-9-14-7-8-25(11-14)18-15-10-20-24(3)17(15)22-13(2)23-18/h4-6,10,14H,7-9,11H2,1-3H3,(H,19,21)/t14-/m1/s1. The molecule has 130 valence electrons. The summed E-state index contributed by atoms with van der Waals surface area (Å²) in [5.74, 6) is 3.32. The molecule has 7 nitrogen and oxygen atoms in total. The van der Waals surface area contributed by atoms with Crippen LogP contribution in [0.15, 0.2) is 24.4 Å². The van der Waals surface area contributed by atoms with Gasteiger partial charge in [0.05, 0.1) is 11.6 Å². The first-order valence-corrected chi connectivity index (χ1v) is 8.69. The molecule has 3 aromatic heterocycles. The molecule has 4 heterocycles. The number of aryl methyl sites for hydroxylation is 3. The minimum Gasteiger partial charge on any atom is -0.370 e. The SMILES string of the molecule is Cc1cccc(NC[C@H]2CCN(c3nc(C)nc4c3cnn4C)C2)n1. The maximum atomic E-state index is 4.69. The molecule has 3 aromatic rings. The molecule has 0 bridgehead atoms. The average Bonchev–Trinajstić information content (AvgIpc) is 3.20. The second-order valence-electron chi connectivity index (χ2n) is 6.75. The Hall–Kier alpha value is -2.70. The lowest BCUT2D eigenvalue weighted by molar-refractivity contribution is 0.621. The van der Waals surface area contributed by atoms with Gasteiger partial charge in [0, 0.05) is 32.4 Å². The summed E-state index contributed by atoms with van der Waals surface area (Å²) in [4.78, 5) is 16.1. The summed E-state index contributed by atoms with van der Waals surface area (Å²) in [6, 6.07) is 6.07. The van der Waals surface area contributed by atoms with Crippen molar-refractivity contribution in [2.24, 2.45) is 13.0 Å². The van der Waals surface area contributed by atoms with E-state index in [0.29, 0.717) is 5.92 Å². The molecule has 0 spiro atoms. The van der Waals surface area contributed by atoms with Crippen LogP contribution in [0.4, 0.5) is 11.6 Å². The van der Waals surface area contributed by atoms with Crippen molar-refractivity contribution in [2.45, 2.75) is 20.3 Å². The van der Waals surface area contributed by atoms with E-state index in [4.69, 9.17) is 0 Å². The first kappa shape index (κ1) is 15.8. The van der Waals surface area contributed by atoms with E-state index in [2.05, 4.69) is 30.3 Å². The molecule has 0 aliphatic carbocycles. The van der Waals surface area contributed by atoms with Crippen molar-refractivity contribution in [1.29, 1.82) is 0 Å². The molecule has 1 aliphatic rings. The monoisotopic (exact) mass is 337 g/mol. The lowest BCUT2D eigenvalue weighted by atomic mass is 10.1. The highest BCUT2D eigenvalue weighted by atomic mass is 15.3. The maximum absolute atomic E-state index is 4.69. The van der Waals surface area contributed by atoms with Crippen LogP contribution in [0.25, 0.3) is 11.0 Å². The van der Waals surface area contributed by atoms with Gasteiger partial charge >= 0.3 is 0 Å². The summed E-state index contributed by atoms with van der Waals surface area (Å²) < 4.78 is 1.81. The van der Waals surface area contributed by atoms with Crippen molar-refractivity contribution < 1.29 is 0 Å². The Kier molecular flexibility index (Phi) is 3.99. The molecule has 1 saturated heterocycles. The number of hydrogen-bond acceptors (Lipinski definition) is 6. The van der Waals surface area contributed by atoms with Crippen molar-refractivity contribution in [2.75, 3.05) is 29.9 Å². The molecule has 0 unspecified atom stereocenters. The van der Waals surface area contributed by atoms with Gasteiger partial charge in [-0.2, -0.15) is 5.10 Å². The molecule has 1 N–H and O–H groups in total. The lowest BCUT2D eigenvalue weighted by Crippen LogP contribution is -2.24. The number of anilines is 2. The summed E-state index contributed by atoms with van der Waals surface area (Å²) in [5, 5.41) is 8.83. The number of rotatable bonds is 4. The van der Waals surface area contributed by atoms with Crippen LogP contribution in [0.1, 0.15) is 17.9 Å². The van der Waals surface area contributed by atoms with Crippen molar-refractivity contribution in [3.05, 3.63) is 35.9 Å². The third-order valence-electron chi connectivity index (χ3n) is 4.73. The fraction of sp³-hybridized carbons (Fsp3) is 0.444. The van der Waals surface area contributed by atoms with E-state index in [-0.39, 0.29) is 0 Å². The Labute approximate surface area is 147 Å². The van der Waals surface area contributed by atoms with Gasteiger partial charge in [0.25, 0.3) is 0 Å². The number of nitrogens with zero attached hydrogens (tertiary/aromatic N) is 6. The highest BCUT2D eigenvalue weighted by Gasteiger charge is 2.26. The fourth-order valence-corrected chi connectivity index (χ4v) is 3.44. The molecule has 1 fully saturated rings. The molecule has 0 aromatic carbocycles. The van der Waals surface area contributed by atoms with Gasteiger partial charge < -0.3 is 10.2 Å². The summed E-state index contributed by atoms with van der Waals surface area (Å²) >= 11 is 0. The quantitative estimate of drug-likeness (QED) is 0.788. The van der Waals surface area contributed by atoms with Crippen molar-refractivity contribution in [3.63, 3.8) is 0 Å². The van der Waals surface area contributed by atoms with Crippen molar-refractivity contribution in [3.8, 4) is 0 Å². The van der Waals surface area contributed by atoms with Gasteiger partial charge in [-0.15, -0.1) is 0 Å². The predicted octanol–water partition coefficient (Wildman–Crippen LogP) is 2.31. The Morgan fingerprint density at radius 1 is 1.20 bits per heavy atom. The van der Waals surface area contributed by atoms with Crippen LogP contribution in [0, 0.1) is 19.8 Å². The van der Waals surface area contributed by atoms with E-state index in [1.165, 1.54) is 0 Å². The normalized spacial score (nSPS) is 17.4. The van der Waals surface area contributed by atoms with Crippen LogP contribution in [0.2, 0.25) is 0 Å². The fourth-order valence-electron chi connectivity index (χ4n) is 3.44. The number of hydrogen-bond donors (Lipinski definition) is 1. The molecule has 7 heteroatoms. The summed E-state index contributed by atoms with van der Waals surface area (Å²) in [6.45, 7) is 6.87. The highest BCUT2D eigenvalue weighted by Crippen LogP contribution is 2.28. The van der Waals surface area contributed by atoms with Crippen LogP contribution in [-0.4, -0.2) is 44.4 Å². The van der Waals surface area contributed by atoms with E-state index < -0.39 is 0 Å². The van der Waals surface area contributed by atoms with Gasteiger partial charge in [0.2, 0.25) is 0 Å². The zero-order chi connectivity index (χ0) is 17.4. The van der Waals surface area contributed by atoms with Gasteiger partial charge in [-0.25, -0.2) is 15.0 Å². The average molecular weight is 337 g/mol. The maximum Gasteiger partial charge on any atom is 0.163 e. The molecule has 0 saturated carbocycles. The number of aromatic nitrogens is 5. The number of fused-ring (bicyclic) bond motifs is 1. The number of nitrogens with one attached hydrogen (secondary N) is 1. The Morgan fingerprint density at radius 3 is 2.92 bits per heavy atom. The van der Waals surface area contributed by atoms with Gasteiger partial charge in [0.15, 0.2) is 5.65 Å². The van der Waals surface area contributed by atoms with Crippen molar-refractivity contribution in [1.82, 2.24) is 24.7 Å². The molecule has 1 aliphatic heterocycles. The lowest BCUT2D eigenvalue weighted by Gasteiger charge is -2.19. The van der Waals surface area contributed by atoms with Gasteiger partial charge in [-0.1, -0.05) is 6.07 Å². The Balaban J connectivity index is 1.47. The Bertz CT molecular complexity index is 902. The van der Waals surface area contributed by atoms with Crippen LogP contribution in [0.5, 0.6) is 0 Å². The van der Waals surface area contributed by atoms with Crippen LogP contribution in [0.3, 0.4) is 0 Å². The third kappa shape index (κ3) is 3.14. The van der Waals surface area contributed by atoms with Gasteiger partial charge in [-0.05, 0) is 38.3 Å². The van der Waals surface area contributed by atoms with Crippen molar-refractivity contribution >= 4 is 22.7 Å². The highest BCUT2D eigenvalue weighted by molar-refractivity contribution is 5.87. The molecule has 25 heavy (non-hydrogen) atoms. The van der Waals surface area contributed by atoms with E-state index in [9.17, 15) is 0 Å².